The van der Waals surface area contributed by atoms with Gasteiger partial charge in [-0.25, -0.2) is 9.59 Å². The molecule has 1 heterocycles. The van der Waals surface area contributed by atoms with E-state index in [9.17, 15) is 24.0 Å². The maximum absolute atomic E-state index is 12.6. The Kier molecular flexibility index (Phi) is 6.00. The van der Waals surface area contributed by atoms with Crippen molar-refractivity contribution >= 4 is 29.7 Å². The highest BCUT2D eigenvalue weighted by Gasteiger charge is 2.35. The maximum Gasteiger partial charge on any atom is 0.342 e. The van der Waals surface area contributed by atoms with Gasteiger partial charge < -0.3 is 15.2 Å². The molecule has 0 bridgehead atoms. The summed E-state index contributed by atoms with van der Waals surface area (Å²) in [4.78, 5) is 61.3. The van der Waals surface area contributed by atoms with Gasteiger partial charge >= 0.3 is 12.0 Å². The fourth-order valence-electron chi connectivity index (χ4n) is 3.08. The summed E-state index contributed by atoms with van der Waals surface area (Å²) in [6.45, 7) is 1.19. The Morgan fingerprint density at radius 1 is 1.06 bits per heavy atom. The third kappa shape index (κ3) is 4.37. The fraction of sp³-hybridized carbons (Fsp3) is 0.190. The highest BCUT2D eigenvalue weighted by molar-refractivity contribution is 6.21. The van der Waals surface area contributed by atoms with Crippen LogP contribution in [0.3, 0.4) is 0 Å². The number of carbonyl (C=O) groups is 5. The molecule has 10 nitrogen and oxygen atoms in total. The van der Waals surface area contributed by atoms with E-state index < -0.39 is 35.8 Å². The van der Waals surface area contributed by atoms with E-state index in [0.717, 1.165) is 4.90 Å². The number of esters is 1. The summed E-state index contributed by atoms with van der Waals surface area (Å²) in [5.41, 5.74) is 5.96. The van der Waals surface area contributed by atoms with Gasteiger partial charge in [0.15, 0.2) is 6.10 Å². The van der Waals surface area contributed by atoms with Gasteiger partial charge in [-0.2, -0.15) is 0 Å². The standard InChI is InChI=1S/C21H19N3O7/c1-11(17(25)23-21(22)29)31-20(28)15-9-12(7-8-16(15)30-2)10-24-18(26)13-5-3-4-6-14(13)19(24)27/h3-9,11H,10H2,1-2H3,(H3,22,23,25,29)/t11-/m0/s1. The van der Waals surface area contributed by atoms with Crippen LogP contribution in [0.1, 0.15) is 43.6 Å². The lowest BCUT2D eigenvalue weighted by atomic mass is 10.1. The van der Waals surface area contributed by atoms with Crippen LogP contribution in [0.25, 0.3) is 0 Å². The number of nitrogens with two attached hydrogens (primary N) is 1. The summed E-state index contributed by atoms with van der Waals surface area (Å²) in [5, 5.41) is 1.82. The number of methoxy groups -OCH3 is 1. The van der Waals surface area contributed by atoms with Crippen LogP contribution in [-0.4, -0.2) is 47.8 Å². The Morgan fingerprint density at radius 3 is 2.23 bits per heavy atom. The zero-order valence-corrected chi connectivity index (χ0v) is 16.7. The molecule has 0 fully saturated rings. The minimum absolute atomic E-state index is 0.0182. The average molecular weight is 425 g/mol. The molecule has 0 saturated heterocycles. The monoisotopic (exact) mass is 425 g/mol. The van der Waals surface area contributed by atoms with E-state index in [1.165, 1.54) is 26.2 Å². The first-order valence-corrected chi connectivity index (χ1v) is 9.16. The molecule has 10 heteroatoms. The highest BCUT2D eigenvalue weighted by atomic mass is 16.5. The van der Waals surface area contributed by atoms with Crippen molar-refractivity contribution in [2.45, 2.75) is 19.6 Å². The van der Waals surface area contributed by atoms with Crippen molar-refractivity contribution in [2.75, 3.05) is 7.11 Å². The highest BCUT2D eigenvalue weighted by Crippen LogP contribution is 2.27. The second kappa shape index (κ2) is 8.66. The van der Waals surface area contributed by atoms with Crippen molar-refractivity contribution in [1.29, 1.82) is 0 Å². The number of primary amides is 1. The molecule has 2 aromatic carbocycles. The van der Waals surface area contributed by atoms with Crippen LogP contribution in [0.2, 0.25) is 0 Å². The molecule has 0 unspecified atom stereocenters. The van der Waals surface area contributed by atoms with Gasteiger partial charge in [0.25, 0.3) is 17.7 Å². The SMILES string of the molecule is COc1ccc(CN2C(=O)c3ccccc3C2=O)cc1C(=O)O[C@@H](C)C(=O)NC(N)=O. The summed E-state index contributed by atoms with van der Waals surface area (Å²) < 4.78 is 10.2. The van der Waals surface area contributed by atoms with Gasteiger partial charge in [0, 0.05) is 0 Å². The van der Waals surface area contributed by atoms with Crippen molar-refractivity contribution < 1.29 is 33.4 Å². The molecule has 160 valence electrons. The van der Waals surface area contributed by atoms with Crippen LogP contribution in [0.5, 0.6) is 5.75 Å². The van der Waals surface area contributed by atoms with Crippen LogP contribution in [0.15, 0.2) is 42.5 Å². The van der Waals surface area contributed by atoms with Crippen molar-refractivity contribution in [3.63, 3.8) is 0 Å². The molecule has 0 aromatic heterocycles. The Balaban J connectivity index is 1.80. The number of nitrogens with zero attached hydrogens (tertiary/aromatic N) is 1. The third-order valence-corrected chi connectivity index (χ3v) is 4.60. The molecule has 1 aliphatic heterocycles. The number of imide groups is 2. The van der Waals surface area contributed by atoms with Crippen LogP contribution >= 0.6 is 0 Å². The molecule has 0 spiro atoms. The summed E-state index contributed by atoms with van der Waals surface area (Å²) >= 11 is 0. The van der Waals surface area contributed by atoms with E-state index in [0.29, 0.717) is 16.7 Å². The zero-order chi connectivity index (χ0) is 22.7. The summed E-state index contributed by atoms with van der Waals surface area (Å²) in [7, 11) is 1.35. The van der Waals surface area contributed by atoms with Crippen LogP contribution in [-0.2, 0) is 16.1 Å². The molecular weight excluding hydrogens is 406 g/mol. The number of benzene rings is 2. The Bertz CT molecular complexity index is 1060. The lowest BCUT2D eigenvalue weighted by Gasteiger charge is -2.17. The van der Waals surface area contributed by atoms with E-state index in [-0.39, 0.29) is 17.9 Å². The number of hydrogen-bond acceptors (Lipinski definition) is 7. The summed E-state index contributed by atoms with van der Waals surface area (Å²) in [6.07, 6.45) is -1.30. The largest absolute Gasteiger partial charge is 0.496 e. The zero-order valence-electron chi connectivity index (χ0n) is 16.7. The molecule has 0 aliphatic carbocycles. The lowest BCUT2D eigenvalue weighted by Crippen LogP contribution is -2.42. The number of rotatable bonds is 6. The van der Waals surface area contributed by atoms with Crippen molar-refractivity contribution in [3.8, 4) is 5.75 Å². The van der Waals surface area contributed by atoms with Crippen LogP contribution in [0, 0.1) is 0 Å². The van der Waals surface area contributed by atoms with E-state index >= 15 is 0 Å². The van der Waals surface area contributed by atoms with Crippen molar-refractivity contribution in [2.24, 2.45) is 5.73 Å². The van der Waals surface area contributed by atoms with Crippen LogP contribution < -0.4 is 15.8 Å². The van der Waals surface area contributed by atoms with Gasteiger partial charge in [-0.1, -0.05) is 18.2 Å². The second-order valence-electron chi connectivity index (χ2n) is 6.68. The Hall–Kier alpha value is -4.21. The normalized spacial score (nSPS) is 13.4. The maximum atomic E-state index is 12.6. The Labute approximate surface area is 176 Å². The molecule has 3 rings (SSSR count). The smallest absolute Gasteiger partial charge is 0.342 e. The molecular formula is C21H19N3O7. The third-order valence-electron chi connectivity index (χ3n) is 4.60. The average Bonchev–Trinajstić information content (AvgIpc) is 2.98. The topological polar surface area (TPSA) is 145 Å². The molecule has 5 amide bonds. The van der Waals surface area contributed by atoms with Gasteiger partial charge in [0.2, 0.25) is 0 Å². The number of carbonyl (C=O) groups excluding carboxylic acids is 5. The van der Waals surface area contributed by atoms with Crippen molar-refractivity contribution in [1.82, 2.24) is 10.2 Å². The first kappa shape index (κ1) is 21.5. The van der Waals surface area contributed by atoms with Gasteiger partial charge in [0.1, 0.15) is 11.3 Å². The minimum atomic E-state index is -1.30. The first-order chi connectivity index (χ1) is 14.7. The van der Waals surface area contributed by atoms with Gasteiger partial charge in [0.05, 0.1) is 24.8 Å². The predicted molar refractivity (Wildman–Crippen MR) is 106 cm³/mol. The van der Waals surface area contributed by atoms with Gasteiger partial charge in [-0.05, 0) is 36.8 Å². The lowest BCUT2D eigenvalue weighted by molar-refractivity contribution is -0.127. The predicted octanol–water partition coefficient (Wildman–Crippen LogP) is 1.23. The summed E-state index contributed by atoms with van der Waals surface area (Å²) in [6, 6.07) is 9.91. The molecule has 2 aromatic rings. The number of urea groups is 1. The number of ether oxygens (including phenoxy) is 2. The Morgan fingerprint density at radius 2 is 1.68 bits per heavy atom. The molecule has 3 N–H and O–H groups in total. The number of amides is 5. The van der Waals surface area contributed by atoms with E-state index in [2.05, 4.69) is 0 Å². The molecule has 0 saturated carbocycles. The van der Waals surface area contributed by atoms with Crippen LogP contribution in [0.4, 0.5) is 4.79 Å². The minimum Gasteiger partial charge on any atom is -0.496 e. The first-order valence-electron chi connectivity index (χ1n) is 9.16. The molecule has 0 radical (unpaired) electrons. The quantitative estimate of drug-likeness (QED) is 0.523. The van der Waals surface area contributed by atoms with Gasteiger partial charge in [-0.15, -0.1) is 0 Å². The van der Waals surface area contributed by atoms with Crippen molar-refractivity contribution in [3.05, 3.63) is 64.7 Å². The second-order valence-corrected chi connectivity index (χ2v) is 6.68. The van der Waals surface area contributed by atoms with E-state index in [1.807, 2.05) is 5.32 Å². The number of hydrogen-bond donors (Lipinski definition) is 2. The van der Waals surface area contributed by atoms with E-state index in [4.69, 9.17) is 15.2 Å². The molecule has 31 heavy (non-hydrogen) atoms. The number of fused-ring (bicyclic) bond motifs is 1. The molecule has 1 aliphatic rings. The van der Waals surface area contributed by atoms with E-state index in [1.54, 1.807) is 30.3 Å². The summed E-state index contributed by atoms with van der Waals surface area (Å²) in [5.74, 6) is -2.48. The number of nitrogens with one attached hydrogen (secondary N) is 1. The van der Waals surface area contributed by atoms with Gasteiger partial charge in [-0.3, -0.25) is 24.6 Å². The fourth-order valence-corrected chi connectivity index (χ4v) is 3.08. The molecule has 1 atom stereocenters.